The van der Waals surface area contributed by atoms with Crippen molar-refractivity contribution in [2.45, 2.75) is 6.92 Å². The standard InChI is InChI=1S/C12H10FNO3/c1-2-17-12(16)8-3-7-4-9(13)6-14-11(7)10(15)5-8/h3-6,15H,2H2,1H3. The van der Waals surface area contributed by atoms with Crippen LogP contribution in [0.4, 0.5) is 4.39 Å². The van der Waals surface area contributed by atoms with Crippen LogP contribution in [-0.2, 0) is 4.74 Å². The van der Waals surface area contributed by atoms with Crippen LogP contribution >= 0.6 is 0 Å². The molecule has 88 valence electrons. The van der Waals surface area contributed by atoms with E-state index >= 15 is 0 Å². The maximum absolute atomic E-state index is 13.0. The van der Waals surface area contributed by atoms with E-state index < -0.39 is 11.8 Å². The average molecular weight is 235 g/mol. The largest absolute Gasteiger partial charge is 0.506 e. The number of aromatic hydroxyl groups is 1. The van der Waals surface area contributed by atoms with Crippen LogP contribution in [0.1, 0.15) is 17.3 Å². The minimum absolute atomic E-state index is 0.171. The number of hydrogen-bond acceptors (Lipinski definition) is 4. The third-order valence-electron chi connectivity index (χ3n) is 2.24. The summed E-state index contributed by atoms with van der Waals surface area (Å²) in [6, 6.07) is 3.89. The first kappa shape index (κ1) is 11.3. The predicted molar refractivity (Wildman–Crippen MR) is 59.3 cm³/mol. The number of hydrogen-bond donors (Lipinski definition) is 1. The Bertz CT molecular complexity index is 583. The van der Waals surface area contributed by atoms with Crippen molar-refractivity contribution in [3.05, 3.63) is 35.8 Å². The molecule has 0 aliphatic heterocycles. The van der Waals surface area contributed by atoms with Crippen molar-refractivity contribution in [2.24, 2.45) is 0 Å². The number of phenols is 1. The third-order valence-corrected chi connectivity index (χ3v) is 2.24. The molecule has 4 nitrogen and oxygen atoms in total. The van der Waals surface area contributed by atoms with Crippen molar-refractivity contribution in [3.8, 4) is 5.75 Å². The van der Waals surface area contributed by atoms with Crippen LogP contribution in [0.2, 0.25) is 0 Å². The molecule has 5 heteroatoms. The fraction of sp³-hybridized carbons (Fsp3) is 0.167. The second-order valence-electron chi connectivity index (χ2n) is 3.44. The Morgan fingerprint density at radius 2 is 2.24 bits per heavy atom. The molecule has 1 aromatic heterocycles. The van der Waals surface area contributed by atoms with Crippen LogP contribution in [0, 0.1) is 5.82 Å². The van der Waals surface area contributed by atoms with Gasteiger partial charge >= 0.3 is 5.97 Å². The number of nitrogens with zero attached hydrogens (tertiary/aromatic N) is 1. The van der Waals surface area contributed by atoms with Gasteiger partial charge in [0, 0.05) is 5.39 Å². The molecule has 0 unspecified atom stereocenters. The van der Waals surface area contributed by atoms with Crippen LogP contribution < -0.4 is 0 Å². The second kappa shape index (κ2) is 4.37. The lowest BCUT2D eigenvalue weighted by atomic mass is 10.1. The summed E-state index contributed by atoms with van der Waals surface area (Å²) < 4.78 is 17.8. The van der Waals surface area contributed by atoms with Gasteiger partial charge in [0.25, 0.3) is 0 Å². The molecule has 0 amide bonds. The first-order valence-electron chi connectivity index (χ1n) is 5.07. The van der Waals surface area contributed by atoms with Gasteiger partial charge in [0.15, 0.2) is 0 Å². The first-order chi connectivity index (χ1) is 8.11. The maximum Gasteiger partial charge on any atom is 0.338 e. The summed E-state index contributed by atoms with van der Waals surface area (Å²) in [5, 5.41) is 10.0. The second-order valence-corrected chi connectivity index (χ2v) is 3.44. The lowest BCUT2D eigenvalue weighted by Crippen LogP contribution is -2.04. The highest BCUT2D eigenvalue weighted by Crippen LogP contribution is 2.25. The molecule has 1 N–H and O–H groups in total. The Morgan fingerprint density at radius 3 is 2.94 bits per heavy atom. The summed E-state index contributed by atoms with van der Waals surface area (Å²) in [5.41, 5.74) is 0.420. The van der Waals surface area contributed by atoms with Gasteiger partial charge in [0.1, 0.15) is 17.1 Å². The molecule has 0 aliphatic carbocycles. The Morgan fingerprint density at radius 1 is 1.47 bits per heavy atom. The van der Waals surface area contributed by atoms with Crippen LogP contribution in [0.15, 0.2) is 24.4 Å². The molecule has 2 rings (SSSR count). The third kappa shape index (κ3) is 2.18. The fourth-order valence-electron chi connectivity index (χ4n) is 1.54. The Hall–Kier alpha value is -2.17. The number of carbonyl (C=O) groups is 1. The molecule has 0 saturated carbocycles. The molecule has 0 radical (unpaired) electrons. The normalized spacial score (nSPS) is 10.5. The summed E-state index contributed by atoms with van der Waals surface area (Å²) >= 11 is 0. The van der Waals surface area contributed by atoms with Gasteiger partial charge in [-0.2, -0.15) is 0 Å². The zero-order valence-corrected chi connectivity index (χ0v) is 9.11. The van der Waals surface area contributed by atoms with Gasteiger partial charge in [0.05, 0.1) is 18.4 Å². The van der Waals surface area contributed by atoms with E-state index in [0.29, 0.717) is 5.39 Å². The summed E-state index contributed by atoms with van der Waals surface area (Å²) in [7, 11) is 0. The number of phenolic OH excluding ortho intramolecular Hbond substituents is 1. The highest BCUT2D eigenvalue weighted by molar-refractivity contribution is 5.96. The van der Waals surface area contributed by atoms with Gasteiger partial charge in [-0.3, -0.25) is 0 Å². The Kier molecular flexibility index (Phi) is 2.91. The number of esters is 1. The van der Waals surface area contributed by atoms with Crippen LogP contribution in [-0.4, -0.2) is 22.7 Å². The molecule has 0 saturated heterocycles. The minimum Gasteiger partial charge on any atom is -0.506 e. The molecule has 17 heavy (non-hydrogen) atoms. The van der Waals surface area contributed by atoms with E-state index in [1.54, 1.807) is 6.92 Å². The van der Waals surface area contributed by atoms with Crippen molar-refractivity contribution < 1.29 is 19.0 Å². The predicted octanol–water partition coefficient (Wildman–Crippen LogP) is 2.26. The summed E-state index contributed by atoms with van der Waals surface area (Å²) in [6.07, 6.45) is 1.01. The lowest BCUT2D eigenvalue weighted by Gasteiger charge is -2.05. The molecule has 1 heterocycles. The highest BCUT2D eigenvalue weighted by atomic mass is 19.1. The van der Waals surface area contributed by atoms with Crippen molar-refractivity contribution in [3.63, 3.8) is 0 Å². The van der Waals surface area contributed by atoms with Gasteiger partial charge in [-0.05, 0) is 25.1 Å². The lowest BCUT2D eigenvalue weighted by molar-refractivity contribution is 0.0526. The number of benzene rings is 1. The molecule has 0 atom stereocenters. The van der Waals surface area contributed by atoms with Gasteiger partial charge in [-0.25, -0.2) is 14.2 Å². The number of rotatable bonds is 2. The minimum atomic E-state index is -0.561. The van der Waals surface area contributed by atoms with Crippen LogP contribution in [0.5, 0.6) is 5.75 Å². The number of ether oxygens (including phenoxy) is 1. The highest BCUT2D eigenvalue weighted by Gasteiger charge is 2.11. The Labute approximate surface area is 96.7 Å². The molecular formula is C12H10FNO3. The smallest absolute Gasteiger partial charge is 0.338 e. The molecule has 2 aromatic rings. The quantitative estimate of drug-likeness (QED) is 0.811. The van der Waals surface area contributed by atoms with Gasteiger partial charge in [0.2, 0.25) is 0 Å². The van der Waals surface area contributed by atoms with Crippen LogP contribution in [0.25, 0.3) is 10.9 Å². The zero-order chi connectivity index (χ0) is 12.4. The SMILES string of the molecule is CCOC(=O)c1cc(O)c2ncc(F)cc2c1. The fourth-order valence-corrected chi connectivity index (χ4v) is 1.54. The maximum atomic E-state index is 13.0. The number of fused-ring (bicyclic) bond motifs is 1. The van der Waals surface area contributed by atoms with Crippen molar-refractivity contribution in [2.75, 3.05) is 6.61 Å². The van der Waals surface area contributed by atoms with Crippen molar-refractivity contribution >= 4 is 16.9 Å². The van der Waals surface area contributed by atoms with Crippen LogP contribution in [0.3, 0.4) is 0 Å². The number of pyridine rings is 1. The molecule has 0 aliphatic rings. The van der Waals surface area contributed by atoms with Gasteiger partial charge in [-0.1, -0.05) is 0 Å². The van der Waals surface area contributed by atoms with E-state index in [9.17, 15) is 14.3 Å². The van der Waals surface area contributed by atoms with Gasteiger partial charge < -0.3 is 9.84 Å². The van der Waals surface area contributed by atoms with Crippen molar-refractivity contribution in [1.82, 2.24) is 4.98 Å². The van der Waals surface area contributed by atoms with Crippen molar-refractivity contribution in [1.29, 1.82) is 0 Å². The van der Waals surface area contributed by atoms with E-state index in [1.165, 1.54) is 18.2 Å². The van der Waals surface area contributed by atoms with E-state index in [-0.39, 0.29) is 23.4 Å². The molecule has 0 spiro atoms. The van der Waals surface area contributed by atoms with E-state index in [1.807, 2.05) is 0 Å². The summed E-state index contributed by atoms with van der Waals surface area (Å²) in [6.45, 7) is 1.92. The molecule has 1 aromatic carbocycles. The monoisotopic (exact) mass is 235 g/mol. The molecular weight excluding hydrogens is 225 g/mol. The molecule has 0 fully saturated rings. The average Bonchev–Trinajstić information content (AvgIpc) is 2.28. The summed E-state index contributed by atoms with van der Waals surface area (Å²) in [4.78, 5) is 15.2. The number of halogens is 1. The van der Waals surface area contributed by atoms with E-state index in [2.05, 4.69) is 4.98 Å². The Balaban J connectivity index is 2.57. The van der Waals surface area contributed by atoms with E-state index in [4.69, 9.17) is 4.74 Å². The zero-order valence-electron chi connectivity index (χ0n) is 9.11. The number of aromatic nitrogens is 1. The topological polar surface area (TPSA) is 59.4 Å². The molecule has 0 bridgehead atoms. The first-order valence-corrected chi connectivity index (χ1v) is 5.07. The summed E-state index contributed by atoms with van der Waals surface area (Å²) in [5.74, 6) is -1.27. The number of carbonyl (C=O) groups excluding carboxylic acids is 1. The van der Waals surface area contributed by atoms with E-state index in [0.717, 1.165) is 6.20 Å². The van der Waals surface area contributed by atoms with Gasteiger partial charge in [-0.15, -0.1) is 0 Å².